The molecule has 0 aromatic carbocycles. The summed E-state index contributed by atoms with van der Waals surface area (Å²) in [5.41, 5.74) is 0.667. The van der Waals surface area contributed by atoms with Crippen LogP contribution in [0.2, 0.25) is 0 Å². The molecule has 3 heterocycles. The predicted octanol–water partition coefficient (Wildman–Crippen LogP) is 2.00. The Morgan fingerprint density at radius 1 is 1.21 bits per heavy atom. The minimum Gasteiger partial charge on any atom is -0.480 e. The first-order valence-electron chi connectivity index (χ1n) is 7.70. The average Bonchev–Trinajstić information content (AvgIpc) is 2.88. The molecule has 0 saturated carbocycles. The molecule has 8 heteroatoms. The van der Waals surface area contributed by atoms with E-state index in [-0.39, 0.29) is 5.91 Å². The lowest BCUT2D eigenvalue weighted by atomic mass is 10.2. The number of nitrogens with zero attached hydrogens (tertiary/aromatic N) is 5. The summed E-state index contributed by atoms with van der Waals surface area (Å²) >= 11 is 3.36. The minimum absolute atomic E-state index is 0.0357. The van der Waals surface area contributed by atoms with E-state index < -0.39 is 0 Å². The Balaban J connectivity index is 1.70. The van der Waals surface area contributed by atoms with Crippen molar-refractivity contribution in [2.24, 2.45) is 0 Å². The van der Waals surface area contributed by atoms with Gasteiger partial charge in [-0.1, -0.05) is 0 Å². The second-order valence-corrected chi connectivity index (χ2v) is 6.25. The molecule has 3 rings (SSSR count). The molecule has 1 aliphatic heterocycles. The first-order chi connectivity index (χ1) is 11.7. The smallest absolute Gasteiger partial charge is 0.254 e. The van der Waals surface area contributed by atoms with Crippen LogP contribution in [-0.4, -0.2) is 59.0 Å². The van der Waals surface area contributed by atoms with Gasteiger partial charge >= 0.3 is 0 Å². The summed E-state index contributed by atoms with van der Waals surface area (Å²) < 4.78 is 5.95. The number of methoxy groups -OCH3 is 1. The van der Waals surface area contributed by atoms with Gasteiger partial charge in [0.05, 0.1) is 17.8 Å². The van der Waals surface area contributed by atoms with Crippen LogP contribution < -0.4 is 9.64 Å². The van der Waals surface area contributed by atoms with Gasteiger partial charge in [0, 0.05) is 44.1 Å². The monoisotopic (exact) mass is 391 g/mol. The third kappa shape index (κ3) is 3.64. The zero-order valence-corrected chi connectivity index (χ0v) is 14.9. The molecule has 1 aliphatic rings. The van der Waals surface area contributed by atoms with E-state index in [0.29, 0.717) is 37.0 Å². The fraction of sp³-hybridized carbons (Fsp3) is 0.375. The lowest BCUT2D eigenvalue weighted by Crippen LogP contribution is -2.35. The molecule has 1 amide bonds. The molecule has 1 fully saturated rings. The maximum Gasteiger partial charge on any atom is 0.254 e. The van der Waals surface area contributed by atoms with Gasteiger partial charge in [-0.05, 0) is 34.5 Å². The molecule has 0 N–H and O–H groups in total. The van der Waals surface area contributed by atoms with Crippen LogP contribution in [0.25, 0.3) is 0 Å². The number of rotatable bonds is 3. The molecule has 0 atom stereocenters. The molecule has 7 nitrogen and oxygen atoms in total. The van der Waals surface area contributed by atoms with Crippen molar-refractivity contribution in [2.75, 3.05) is 38.2 Å². The van der Waals surface area contributed by atoms with Crippen molar-refractivity contribution in [3.63, 3.8) is 0 Å². The number of amides is 1. The summed E-state index contributed by atoms with van der Waals surface area (Å²) in [6.45, 7) is 2.82. The van der Waals surface area contributed by atoms with Gasteiger partial charge in [-0.2, -0.15) is 4.98 Å². The Labute approximate surface area is 148 Å². The Kier molecular flexibility index (Phi) is 5.24. The van der Waals surface area contributed by atoms with Crippen molar-refractivity contribution in [3.8, 4) is 5.88 Å². The Morgan fingerprint density at radius 3 is 2.75 bits per heavy atom. The quantitative estimate of drug-likeness (QED) is 0.796. The van der Waals surface area contributed by atoms with Crippen LogP contribution in [0.3, 0.4) is 0 Å². The highest BCUT2D eigenvalue weighted by atomic mass is 79.9. The van der Waals surface area contributed by atoms with E-state index in [1.54, 1.807) is 37.8 Å². The van der Waals surface area contributed by atoms with Gasteiger partial charge in [0.15, 0.2) is 0 Å². The van der Waals surface area contributed by atoms with E-state index >= 15 is 0 Å². The number of carbonyl (C=O) groups excluding carboxylic acids is 1. The number of halogens is 1. The van der Waals surface area contributed by atoms with Gasteiger partial charge in [-0.25, -0.2) is 4.98 Å². The van der Waals surface area contributed by atoms with Crippen molar-refractivity contribution in [2.45, 2.75) is 6.42 Å². The molecular weight excluding hydrogens is 374 g/mol. The SMILES string of the molecule is COc1nc(N2CCCN(C(=O)c3ccncc3)CC2)ncc1Br. The summed E-state index contributed by atoms with van der Waals surface area (Å²) in [4.78, 5) is 29.2. The van der Waals surface area contributed by atoms with E-state index in [4.69, 9.17) is 4.74 Å². The molecule has 1 saturated heterocycles. The highest BCUT2D eigenvalue weighted by Crippen LogP contribution is 2.24. The number of carbonyl (C=O) groups is 1. The fourth-order valence-electron chi connectivity index (χ4n) is 2.64. The molecule has 24 heavy (non-hydrogen) atoms. The standard InChI is InChI=1S/C16H18BrN5O2/c1-24-14-13(17)11-19-16(20-14)22-8-2-7-21(9-10-22)15(23)12-3-5-18-6-4-12/h3-6,11H,2,7-10H2,1H3. The molecule has 0 spiro atoms. The van der Waals surface area contributed by atoms with E-state index in [0.717, 1.165) is 17.4 Å². The van der Waals surface area contributed by atoms with Crippen LogP contribution in [0.1, 0.15) is 16.8 Å². The lowest BCUT2D eigenvalue weighted by Gasteiger charge is -2.22. The zero-order valence-electron chi connectivity index (χ0n) is 13.4. The number of hydrogen-bond donors (Lipinski definition) is 0. The van der Waals surface area contributed by atoms with Crippen molar-refractivity contribution in [1.29, 1.82) is 0 Å². The molecular formula is C16H18BrN5O2. The second kappa shape index (κ2) is 7.57. The van der Waals surface area contributed by atoms with Gasteiger partial charge in [0.2, 0.25) is 11.8 Å². The minimum atomic E-state index is 0.0357. The van der Waals surface area contributed by atoms with Crippen LogP contribution in [0.4, 0.5) is 5.95 Å². The number of aromatic nitrogens is 3. The molecule has 2 aromatic heterocycles. The number of ether oxygens (including phenoxy) is 1. The maximum atomic E-state index is 12.6. The Bertz CT molecular complexity index is 713. The molecule has 0 radical (unpaired) electrons. The van der Waals surface area contributed by atoms with Crippen molar-refractivity contribution in [1.82, 2.24) is 19.9 Å². The topological polar surface area (TPSA) is 71.5 Å². The lowest BCUT2D eigenvalue weighted by molar-refractivity contribution is 0.0767. The van der Waals surface area contributed by atoms with Gasteiger partial charge in [0.1, 0.15) is 0 Å². The van der Waals surface area contributed by atoms with E-state index in [9.17, 15) is 4.79 Å². The Morgan fingerprint density at radius 2 is 2.00 bits per heavy atom. The first-order valence-corrected chi connectivity index (χ1v) is 8.49. The largest absolute Gasteiger partial charge is 0.480 e. The number of pyridine rings is 1. The van der Waals surface area contributed by atoms with Gasteiger partial charge in [0.25, 0.3) is 5.91 Å². The number of anilines is 1. The van der Waals surface area contributed by atoms with Gasteiger partial charge < -0.3 is 14.5 Å². The molecule has 126 valence electrons. The third-order valence-corrected chi connectivity index (χ3v) is 4.43. The summed E-state index contributed by atoms with van der Waals surface area (Å²) in [5, 5.41) is 0. The maximum absolute atomic E-state index is 12.6. The van der Waals surface area contributed by atoms with Gasteiger partial charge in [-0.15, -0.1) is 0 Å². The molecule has 0 aliphatic carbocycles. The highest BCUT2D eigenvalue weighted by Gasteiger charge is 2.22. The first kappa shape index (κ1) is 16.6. The summed E-state index contributed by atoms with van der Waals surface area (Å²) in [6.07, 6.45) is 5.82. The summed E-state index contributed by atoms with van der Waals surface area (Å²) in [7, 11) is 1.58. The van der Waals surface area contributed by atoms with E-state index in [1.807, 2.05) is 4.90 Å². The fourth-order valence-corrected chi connectivity index (χ4v) is 2.99. The third-order valence-electron chi connectivity index (χ3n) is 3.89. The normalized spacial score (nSPS) is 15.1. The van der Waals surface area contributed by atoms with Gasteiger partial charge in [-0.3, -0.25) is 9.78 Å². The van der Waals surface area contributed by atoms with Crippen molar-refractivity contribution in [3.05, 3.63) is 40.8 Å². The predicted molar refractivity (Wildman–Crippen MR) is 93.3 cm³/mol. The highest BCUT2D eigenvalue weighted by molar-refractivity contribution is 9.10. The summed E-state index contributed by atoms with van der Waals surface area (Å²) in [6, 6.07) is 3.49. The zero-order chi connectivity index (χ0) is 16.9. The molecule has 0 bridgehead atoms. The van der Waals surface area contributed by atoms with Crippen LogP contribution in [-0.2, 0) is 0 Å². The molecule has 2 aromatic rings. The van der Waals surface area contributed by atoms with Crippen LogP contribution >= 0.6 is 15.9 Å². The average molecular weight is 392 g/mol. The van der Waals surface area contributed by atoms with E-state index in [1.165, 1.54) is 0 Å². The van der Waals surface area contributed by atoms with Crippen molar-refractivity contribution >= 4 is 27.8 Å². The second-order valence-electron chi connectivity index (χ2n) is 5.40. The Hall–Kier alpha value is -2.22. The van der Waals surface area contributed by atoms with E-state index in [2.05, 4.69) is 35.8 Å². The number of hydrogen-bond acceptors (Lipinski definition) is 6. The molecule has 0 unspecified atom stereocenters. The van der Waals surface area contributed by atoms with Crippen LogP contribution in [0.5, 0.6) is 5.88 Å². The van der Waals surface area contributed by atoms with Crippen LogP contribution in [0.15, 0.2) is 35.2 Å². The van der Waals surface area contributed by atoms with Crippen molar-refractivity contribution < 1.29 is 9.53 Å². The van der Waals surface area contributed by atoms with Crippen LogP contribution in [0, 0.1) is 0 Å². The summed E-state index contributed by atoms with van der Waals surface area (Å²) in [5.74, 6) is 1.16.